The van der Waals surface area contributed by atoms with Crippen molar-refractivity contribution in [3.05, 3.63) is 30.3 Å². The molecule has 1 fully saturated rings. The molecule has 0 bridgehead atoms. The van der Waals surface area contributed by atoms with Crippen LogP contribution in [0.2, 0.25) is 0 Å². The number of nitrogens with zero attached hydrogens (tertiary/aromatic N) is 2. The van der Waals surface area contributed by atoms with Crippen molar-refractivity contribution in [1.29, 1.82) is 0 Å². The Morgan fingerprint density at radius 1 is 1.28 bits per heavy atom. The topological polar surface area (TPSA) is 41.9 Å². The number of carbonyl (C=O) groups excluding carboxylic acids is 1. The van der Waals surface area contributed by atoms with Crippen LogP contribution in [-0.4, -0.2) is 31.5 Å². The normalized spacial score (nSPS) is 27.3. The Morgan fingerprint density at radius 2 is 2.11 bits per heavy atom. The van der Waals surface area contributed by atoms with Crippen LogP contribution in [0.1, 0.15) is 12.8 Å². The molecule has 2 aliphatic rings. The highest BCUT2D eigenvalue weighted by molar-refractivity contribution is 5.90. The second kappa shape index (κ2) is 4.80. The van der Waals surface area contributed by atoms with Gasteiger partial charge < -0.3 is 4.74 Å². The number of aliphatic imine (C=N–C) groups is 1. The smallest absolute Gasteiger partial charge is 0.414 e. The molecule has 1 aromatic carbocycles. The van der Waals surface area contributed by atoms with Gasteiger partial charge in [-0.05, 0) is 37.1 Å². The van der Waals surface area contributed by atoms with Crippen molar-refractivity contribution in [3.8, 4) is 0 Å². The van der Waals surface area contributed by atoms with Crippen LogP contribution in [0, 0.1) is 5.92 Å². The Bertz CT molecular complexity index is 458. The van der Waals surface area contributed by atoms with Crippen molar-refractivity contribution < 1.29 is 9.53 Å². The number of para-hydroxylation sites is 1. The van der Waals surface area contributed by atoms with Gasteiger partial charge in [0.2, 0.25) is 0 Å². The fraction of sp³-hybridized carbons (Fsp3) is 0.429. The maximum Gasteiger partial charge on any atom is 0.414 e. The van der Waals surface area contributed by atoms with E-state index in [0.717, 1.165) is 25.1 Å². The van der Waals surface area contributed by atoms with Gasteiger partial charge >= 0.3 is 6.09 Å². The zero-order chi connectivity index (χ0) is 12.4. The van der Waals surface area contributed by atoms with E-state index in [1.165, 1.54) is 0 Å². The van der Waals surface area contributed by atoms with E-state index in [1.807, 2.05) is 36.5 Å². The van der Waals surface area contributed by atoms with E-state index in [-0.39, 0.29) is 12.1 Å². The fourth-order valence-corrected chi connectivity index (χ4v) is 2.68. The van der Waals surface area contributed by atoms with Gasteiger partial charge in [-0.1, -0.05) is 18.2 Å². The summed E-state index contributed by atoms with van der Waals surface area (Å²) < 4.78 is 5.23. The van der Waals surface area contributed by atoms with Crippen LogP contribution in [0.15, 0.2) is 35.3 Å². The number of ether oxygens (including phenoxy) is 1. The highest BCUT2D eigenvalue weighted by Gasteiger charge is 2.39. The predicted octanol–water partition coefficient (Wildman–Crippen LogP) is 2.49. The molecule has 2 unspecified atom stereocenters. The highest BCUT2D eigenvalue weighted by atomic mass is 16.6. The molecule has 3 rings (SSSR count). The van der Waals surface area contributed by atoms with E-state index in [0.29, 0.717) is 12.5 Å². The van der Waals surface area contributed by atoms with Gasteiger partial charge in [0.25, 0.3) is 0 Å². The molecular formula is C14H16N2O2. The first-order valence-electron chi connectivity index (χ1n) is 6.35. The molecule has 1 saturated heterocycles. The minimum Gasteiger partial charge on any atom is -0.447 e. The first-order valence-corrected chi connectivity index (χ1v) is 6.35. The second-order valence-electron chi connectivity index (χ2n) is 4.72. The van der Waals surface area contributed by atoms with Gasteiger partial charge in [0.05, 0.1) is 6.04 Å². The summed E-state index contributed by atoms with van der Waals surface area (Å²) in [5.41, 5.74) is 0.924. The number of rotatable bonds is 2. The minimum absolute atomic E-state index is 0.145. The third-order valence-electron chi connectivity index (χ3n) is 3.65. The molecule has 1 aromatic rings. The van der Waals surface area contributed by atoms with Crippen molar-refractivity contribution in [2.24, 2.45) is 10.9 Å². The number of hydrogen-bond donors (Lipinski definition) is 0. The Balaban J connectivity index is 1.85. The monoisotopic (exact) mass is 244 g/mol. The average molecular weight is 244 g/mol. The van der Waals surface area contributed by atoms with Crippen LogP contribution in [0.4, 0.5) is 10.5 Å². The van der Waals surface area contributed by atoms with Crippen LogP contribution in [0.3, 0.4) is 0 Å². The van der Waals surface area contributed by atoms with Crippen molar-refractivity contribution in [3.63, 3.8) is 0 Å². The third-order valence-corrected chi connectivity index (χ3v) is 3.65. The summed E-state index contributed by atoms with van der Waals surface area (Å²) in [5.74, 6) is 0.453. The quantitative estimate of drug-likeness (QED) is 0.802. The van der Waals surface area contributed by atoms with Gasteiger partial charge in [0, 0.05) is 12.2 Å². The van der Waals surface area contributed by atoms with E-state index in [4.69, 9.17) is 4.74 Å². The maximum atomic E-state index is 11.9. The lowest BCUT2D eigenvalue weighted by Gasteiger charge is -2.29. The van der Waals surface area contributed by atoms with Crippen LogP contribution in [0.25, 0.3) is 0 Å². The molecule has 0 aliphatic carbocycles. The van der Waals surface area contributed by atoms with Crippen LogP contribution < -0.4 is 4.90 Å². The van der Waals surface area contributed by atoms with E-state index in [2.05, 4.69) is 4.99 Å². The van der Waals surface area contributed by atoms with E-state index in [1.54, 1.807) is 4.90 Å². The van der Waals surface area contributed by atoms with E-state index in [9.17, 15) is 4.79 Å². The molecule has 2 heterocycles. The number of carbonyl (C=O) groups is 1. The van der Waals surface area contributed by atoms with E-state index >= 15 is 0 Å². The number of anilines is 1. The molecule has 0 aromatic heterocycles. The van der Waals surface area contributed by atoms with Crippen molar-refractivity contribution >= 4 is 18.0 Å². The van der Waals surface area contributed by atoms with Crippen LogP contribution >= 0.6 is 0 Å². The lowest BCUT2D eigenvalue weighted by Crippen LogP contribution is -2.40. The molecule has 0 N–H and O–H groups in total. The summed E-state index contributed by atoms with van der Waals surface area (Å²) in [6.07, 6.45) is 3.71. The van der Waals surface area contributed by atoms with Gasteiger partial charge in [-0.2, -0.15) is 0 Å². The third kappa shape index (κ3) is 1.98. The number of cyclic esters (lactones) is 1. The molecule has 0 spiro atoms. The van der Waals surface area contributed by atoms with Crippen molar-refractivity contribution in [1.82, 2.24) is 0 Å². The van der Waals surface area contributed by atoms with Gasteiger partial charge in [-0.25, -0.2) is 4.79 Å². The second-order valence-corrected chi connectivity index (χ2v) is 4.72. The molecule has 2 atom stereocenters. The van der Waals surface area contributed by atoms with Gasteiger partial charge in [0.15, 0.2) is 0 Å². The molecule has 94 valence electrons. The lowest BCUT2D eigenvalue weighted by atomic mass is 9.91. The Hall–Kier alpha value is -1.84. The number of amides is 1. The van der Waals surface area contributed by atoms with Crippen LogP contribution in [-0.2, 0) is 4.74 Å². The molecule has 1 amide bonds. The van der Waals surface area contributed by atoms with Crippen molar-refractivity contribution in [2.45, 2.75) is 18.9 Å². The molecular weight excluding hydrogens is 228 g/mol. The standard InChI is InChI=1S/C14H16N2O2/c17-14-16(12-4-2-1-3-5-12)13(10-18-14)11-6-8-15-9-7-11/h1-5,8,11,13H,6-7,9-10H2. The van der Waals surface area contributed by atoms with Crippen LogP contribution in [0.5, 0.6) is 0 Å². The average Bonchev–Trinajstić information content (AvgIpc) is 2.83. The van der Waals surface area contributed by atoms with Crippen molar-refractivity contribution in [2.75, 3.05) is 18.1 Å². The zero-order valence-corrected chi connectivity index (χ0v) is 10.2. The Morgan fingerprint density at radius 3 is 2.83 bits per heavy atom. The zero-order valence-electron chi connectivity index (χ0n) is 10.2. The molecule has 0 saturated carbocycles. The summed E-state index contributed by atoms with van der Waals surface area (Å²) in [6.45, 7) is 1.35. The Kier molecular flexibility index (Phi) is 3.00. The summed E-state index contributed by atoms with van der Waals surface area (Å²) in [5, 5.41) is 0. The largest absolute Gasteiger partial charge is 0.447 e. The predicted molar refractivity (Wildman–Crippen MR) is 70.1 cm³/mol. The summed E-state index contributed by atoms with van der Waals surface area (Å²) in [7, 11) is 0. The summed E-state index contributed by atoms with van der Waals surface area (Å²) in [6, 6.07) is 9.90. The highest BCUT2D eigenvalue weighted by Crippen LogP contribution is 2.30. The fourth-order valence-electron chi connectivity index (χ4n) is 2.68. The summed E-state index contributed by atoms with van der Waals surface area (Å²) >= 11 is 0. The summed E-state index contributed by atoms with van der Waals surface area (Å²) in [4.78, 5) is 17.9. The SMILES string of the molecule is O=C1OCC(C2CC=NCC2)N1c1ccccc1. The minimum atomic E-state index is -0.228. The molecule has 4 heteroatoms. The first-order chi connectivity index (χ1) is 8.86. The molecule has 4 nitrogen and oxygen atoms in total. The Labute approximate surface area is 106 Å². The number of benzene rings is 1. The van der Waals surface area contributed by atoms with Gasteiger partial charge in [0.1, 0.15) is 6.61 Å². The van der Waals surface area contributed by atoms with Gasteiger partial charge in [-0.3, -0.25) is 9.89 Å². The molecule has 2 aliphatic heterocycles. The van der Waals surface area contributed by atoms with E-state index < -0.39 is 0 Å². The number of hydrogen-bond acceptors (Lipinski definition) is 3. The molecule has 0 radical (unpaired) electrons. The first kappa shape index (κ1) is 11.3. The molecule has 18 heavy (non-hydrogen) atoms. The maximum absolute atomic E-state index is 11.9. The van der Waals surface area contributed by atoms with Gasteiger partial charge in [-0.15, -0.1) is 0 Å². The lowest BCUT2D eigenvalue weighted by molar-refractivity contribution is 0.176.